The van der Waals surface area contributed by atoms with Crippen LogP contribution in [0, 0.1) is 5.82 Å². The van der Waals surface area contributed by atoms with E-state index >= 15 is 0 Å². The van der Waals surface area contributed by atoms with Crippen molar-refractivity contribution < 1.29 is 28.0 Å². The lowest BCUT2D eigenvalue weighted by atomic mass is 10.1. The fraction of sp³-hybridized carbons (Fsp3) is 0.150. The first-order valence-corrected chi connectivity index (χ1v) is 8.33. The summed E-state index contributed by atoms with van der Waals surface area (Å²) in [5, 5.41) is 6.46. The Morgan fingerprint density at radius 1 is 1.14 bits per heavy atom. The van der Waals surface area contributed by atoms with Gasteiger partial charge in [-0.15, -0.1) is 0 Å². The van der Waals surface area contributed by atoms with E-state index in [1.807, 2.05) is 0 Å². The van der Waals surface area contributed by atoms with E-state index in [4.69, 9.17) is 9.26 Å². The number of anilines is 1. The number of ether oxygens (including phenoxy) is 2. The minimum Gasteiger partial charge on any atom is -0.465 e. The van der Waals surface area contributed by atoms with Crippen molar-refractivity contribution in [3.63, 3.8) is 0 Å². The van der Waals surface area contributed by atoms with Crippen LogP contribution >= 0.6 is 0 Å². The third kappa shape index (κ3) is 4.80. The van der Waals surface area contributed by atoms with Crippen molar-refractivity contribution in [3.8, 4) is 11.3 Å². The van der Waals surface area contributed by atoms with Crippen LogP contribution in [0.5, 0.6) is 0 Å². The Morgan fingerprint density at radius 2 is 1.89 bits per heavy atom. The summed E-state index contributed by atoms with van der Waals surface area (Å²) >= 11 is 0. The largest absolute Gasteiger partial charge is 0.465 e. The molecule has 0 saturated carbocycles. The predicted molar refractivity (Wildman–Crippen MR) is 98.0 cm³/mol. The molecule has 0 aliphatic heterocycles. The molecule has 0 unspecified atom stereocenters. The molecule has 0 atom stereocenters. The monoisotopic (exact) mass is 384 g/mol. The number of benzene rings is 2. The normalized spacial score (nSPS) is 10.5. The molecular formula is C20H17FN2O5. The molecule has 2 aromatic carbocycles. The van der Waals surface area contributed by atoms with Crippen molar-refractivity contribution in [2.45, 2.75) is 6.61 Å². The van der Waals surface area contributed by atoms with E-state index in [1.165, 1.54) is 19.2 Å². The van der Waals surface area contributed by atoms with Gasteiger partial charge in [0, 0.05) is 11.6 Å². The maximum Gasteiger partial charge on any atom is 0.339 e. The summed E-state index contributed by atoms with van der Waals surface area (Å²) in [5.74, 6) is -0.854. The van der Waals surface area contributed by atoms with Crippen LogP contribution in [0.1, 0.15) is 16.1 Å². The molecule has 0 aliphatic carbocycles. The number of rotatable bonds is 7. The number of halogens is 1. The number of nitrogens with zero attached hydrogens (tertiary/aromatic N) is 1. The first kappa shape index (κ1) is 19.2. The molecule has 0 radical (unpaired) electrons. The highest BCUT2D eigenvalue weighted by Crippen LogP contribution is 2.21. The highest BCUT2D eigenvalue weighted by molar-refractivity contribution is 6.01. The minimum absolute atomic E-state index is 0.0523. The van der Waals surface area contributed by atoms with Crippen molar-refractivity contribution in [2.75, 3.05) is 19.0 Å². The van der Waals surface area contributed by atoms with E-state index in [0.29, 0.717) is 22.7 Å². The summed E-state index contributed by atoms with van der Waals surface area (Å²) in [6.07, 6.45) is 0. The number of nitrogens with one attached hydrogen (secondary N) is 1. The molecule has 144 valence electrons. The topological polar surface area (TPSA) is 90.7 Å². The molecule has 7 nitrogen and oxygen atoms in total. The second-order valence-corrected chi connectivity index (χ2v) is 5.77. The van der Waals surface area contributed by atoms with Gasteiger partial charge in [-0.25, -0.2) is 9.18 Å². The molecule has 3 aromatic rings. The number of carbonyl (C=O) groups is 2. The maximum atomic E-state index is 13.0. The maximum absolute atomic E-state index is 13.0. The lowest BCUT2D eigenvalue weighted by Crippen LogP contribution is -2.20. The Bertz CT molecular complexity index is 969. The van der Waals surface area contributed by atoms with Crippen molar-refractivity contribution in [3.05, 3.63) is 71.7 Å². The van der Waals surface area contributed by atoms with Crippen molar-refractivity contribution in [1.29, 1.82) is 0 Å². The quantitative estimate of drug-likeness (QED) is 0.628. The second kappa shape index (κ2) is 8.92. The molecular weight excluding hydrogens is 367 g/mol. The highest BCUT2D eigenvalue weighted by atomic mass is 19.1. The summed E-state index contributed by atoms with van der Waals surface area (Å²) in [7, 11) is 1.27. The SMILES string of the molecule is COC(=O)c1ccccc1NC(=O)COCc1cc(-c2ccc(F)cc2)on1. The van der Waals surface area contributed by atoms with Gasteiger partial charge in [0.2, 0.25) is 5.91 Å². The molecule has 1 heterocycles. The predicted octanol–water partition coefficient (Wildman–Crippen LogP) is 3.42. The Kier molecular flexibility index (Phi) is 6.13. The van der Waals surface area contributed by atoms with Gasteiger partial charge in [0.05, 0.1) is 25.0 Å². The van der Waals surface area contributed by atoms with Gasteiger partial charge in [-0.1, -0.05) is 17.3 Å². The van der Waals surface area contributed by atoms with Crippen LogP contribution in [0.3, 0.4) is 0 Å². The van der Waals surface area contributed by atoms with Gasteiger partial charge in [0.15, 0.2) is 5.76 Å². The lowest BCUT2D eigenvalue weighted by Gasteiger charge is -2.09. The molecule has 8 heteroatoms. The van der Waals surface area contributed by atoms with Crippen molar-refractivity contribution in [1.82, 2.24) is 5.16 Å². The van der Waals surface area contributed by atoms with Gasteiger partial charge in [0.25, 0.3) is 0 Å². The number of para-hydroxylation sites is 1. The van der Waals surface area contributed by atoms with Gasteiger partial charge in [-0.05, 0) is 36.4 Å². The average molecular weight is 384 g/mol. The number of hydrogen-bond acceptors (Lipinski definition) is 6. The average Bonchev–Trinajstić information content (AvgIpc) is 3.17. The number of amides is 1. The highest BCUT2D eigenvalue weighted by Gasteiger charge is 2.14. The third-order valence-corrected chi connectivity index (χ3v) is 3.78. The number of hydrogen-bond donors (Lipinski definition) is 1. The van der Waals surface area contributed by atoms with E-state index in [1.54, 1.807) is 42.5 Å². The molecule has 0 saturated heterocycles. The molecule has 0 spiro atoms. The molecule has 0 bridgehead atoms. The van der Waals surface area contributed by atoms with Gasteiger partial charge >= 0.3 is 5.97 Å². The molecule has 28 heavy (non-hydrogen) atoms. The molecule has 0 fully saturated rings. The van der Waals surface area contributed by atoms with Crippen LogP contribution in [-0.2, 0) is 20.9 Å². The number of methoxy groups -OCH3 is 1. The standard InChI is InChI=1S/C20H17FN2O5/c1-26-20(25)16-4-2-3-5-17(16)22-19(24)12-27-11-15-10-18(28-23-15)13-6-8-14(21)9-7-13/h2-10H,11-12H2,1H3,(H,22,24). The van der Waals surface area contributed by atoms with Crippen LogP contribution in [-0.4, -0.2) is 30.7 Å². The Hall–Kier alpha value is -3.52. The zero-order valence-corrected chi connectivity index (χ0v) is 15.0. The van der Waals surface area contributed by atoms with Gasteiger partial charge in [0.1, 0.15) is 18.1 Å². The molecule has 0 aliphatic rings. The Morgan fingerprint density at radius 3 is 2.64 bits per heavy atom. The van der Waals surface area contributed by atoms with Gasteiger partial charge < -0.3 is 19.3 Å². The fourth-order valence-electron chi connectivity index (χ4n) is 2.44. The van der Waals surface area contributed by atoms with E-state index in [9.17, 15) is 14.0 Å². The number of esters is 1. The first-order valence-electron chi connectivity index (χ1n) is 8.33. The van der Waals surface area contributed by atoms with Gasteiger partial charge in [-0.2, -0.15) is 0 Å². The fourth-order valence-corrected chi connectivity index (χ4v) is 2.44. The Balaban J connectivity index is 1.53. The number of aromatic nitrogens is 1. The van der Waals surface area contributed by atoms with Crippen LogP contribution in [0.15, 0.2) is 59.1 Å². The Labute approximate surface area is 160 Å². The summed E-state index contributed by atoms with van der Waals surface area (Å²) < 4.78 is 28.2. The third-order valence-electron chi connectivity index (χ3n) is 3.78. The van der Waals surface area contributed by atoms with Crippen LogP contribution in [0.2, 0.25) is 0 Å². The minimum atomic E-state index is -0.548. The zero-order chi connectivity index (χ0) is 19.9. The first-order chi connectivity index (χ1) is 13.6. The van der Waals surface area contributed by atoms with E-state index in [2.05, 4.69) is 15.2 Å². The smallest absolute Gasteiger partial charge is 0.339 e. The second-order valence-electron chi connectivity index (χ2n) is 5.77. The summed E-state index contributed by atoms with van der Waals surface area (Å²) in [4.78, 5) is 23.8. The molecule has 3 rings (SSSR count). The molecule has 1 N–H and O–H groups in total. The summed E-state index contributed by atoms with van der Waals surface area (Å²) in [5.41, 5.74) is 1.75. The van der Waals surface area contributed by atoms with Crippen molar-refractivity contribution >= 4 is 17.6 Å². The van der Waals surface area contributed by atoms with E-state index < -0.39 is 11.9 Å². The summed E-state index contributed by atoms with van der Waals surface area (Å²) in [6.45, 7) is -0.189. The van der Waals surface area contributed by atoms with Crippen LogP contribution < -0.4 is 5.32 Å². The zero-order valence-electron chi connectivity index (χ0n) is 15.0. The molecule has 1 amide bonds. The number of carbonyl (C=O) groups excluding carboxylic acids is 2. The molecule has 1 aromatic heterocycles. The summed E-state index contributed by atoms with van der Waals surface area (Å²) in [6, 6.07) is 14.0. The van der Waals surface area contributed by atoms with Crippen LogP contribution in [0.25, 0.3) is 11.3 Å². The van der Waals surface area contributed by atoms with Crippen molar-refractivity contribution in [2.24, 2.45) is 0 Å². The van der Waals surface area contributed by atoms with E-state index in [-0.39, 0.29) is 24.6 Å². The lowest BCUT2D eigenvalue weighted by molar-refractivity contribution is -0.121. The van der Waals surface area contributed by atoms with Gasteiger partial charge in [-0.3, -0.25) is 4.79 Å². The van der Waals surface area contributed by atoms with Crippen LogP contribution in [0.4, 0.5) is 10.1 Å². The van der Waals surface area contributed by atoms with E-state index in [0.717, 1.165) is 0 Å².